The van der Waals surface area contributed by atoms with Crippen molar-refractivity contribution in [2.45, 2.75) is 37.0 Å². The lowest BCUT2D eigenvalue weighted by Crippen LogP contribution is -2.31. The molecule has 0 spiro atoms. The number of nitrogens with zero attached hydrogens (tertiary/aromatic N) is 2. The standard InChI is InChI=1S/C23H24N2OS/c1-16-9-8-12-19-17(2)15-20(24-21(16)19)27-22(18-10-4-3-5-11-18)23(26)25-13-6-7-14-25/h3-5,8-12,15,22H,6-7,13-14H2,1-2H3/t22-/m0/s1. The molecule has 138 valence electrons. The van der Waals surface area contributed by atoms with Gasteiger partial charge in [0, 0.05) is 18.5 Å². The molecule has 4 rings (SSSR count). The van der Waals surface area contributed by atoms with Crippen molar-refractivity contribution < 1.29 is 4.79 Å². The average Bonchev–Trinajstić information content (AvgIpc) is 3.22. The van der Waals surface area contributed by atoms with Crippen LogP contribution in [0, 0.1) is 13.8 Å². The predicted octanol–water partition coefficient (Wildman–Crippen LogP) is 5.31. The average molecular weight is 377 g/mol. The number of aromatic nitrogens is 1. The van der Waals surface area contributed by atoms with Gasteiger partial charge in [-0.2, -0.15) is 0 Å². The van der Waals surface area contributed by atoms with Crippen LogP contribution in [0.15, 0.2) is 59.6 Å². The molecule has 0 radical (unpaired) electrons. The smallest absolute Gasteiger partial charge is 0.240 e. The van der Waals surface area contributed by atoms with E-state index in [0.29, 0.717) is 0 Å². The Hall–Kier alpha value is -2.33. The highest BCUT2D eigenvalue weighted by molar-refractivity contribution is 8.00. The van der Waals surface area contributed by atoms with Crippen LogP contribution in [0.5, 0.6) is 0 Å². The van der Waals surface area contributed by atoms with Crippen LogP contribution in [-0.4, -0.2) is 28.9 Å². The molecule has 3 aromatic rings. The Bertz CT molecular complexity index is 965. The van der Waals surface area contributed by atoms with E-state index in [-0.39, 0.29) is 11.2 Å². The van der Waals surface area contributed by atoms with E-state index in [1.54, 1.807) is 11.8 Å². The van der Waals surface area contributed by atoms with Crippen LogP contribution in [-0.2, 0) is 4.79 Å². The fourth-order valence-electron chi connectivity index (χ4n) is 3.70. The minimum atomic E-state index is -0.252. The third-order valence-corrected chi connectivity index (χ3v) is 6.37. The zero-order valence-electron chi connectivity index (χ0n) is 15.8. The lowest BCUT2D eigenvalue weighted by molar-refractivity contribution is -0.129. The summed E-state index contributed by atoms with van der Waals surface area (Å²) in [5.74, 6) is 0.202. The number of likely N-dealkylation sites (tertiary alicyclic amines) is 1. The summed E-state index contributed by atoms with van der Waals surface area (Å²) in [4.78, 5) is 20.1. The summed E-state index contributed by atoms with van der Waals surface area (Å²) in [5, 5.41) is 1.84. The van der Waals surface area contributed by atoms with Crippen molar-refractivity contribution in [3.8, 4) is 0 Å². The van der Waals surface area contributed by atoms with Crippen molar-refractivity contribution in [3.05, 3.63) is 71.3 Å². The van der Waals surface area contributed by atoms with E-state index >= 15 is 0 Å². The van der Waals surface area contributed by atoms with E-state index in [9.17, 15) is 4.79 Å². The van der Waals surface area contributed by atoms with Gasteiger partial charge in [0.05, 0.1) is 10.5 Å². The first-order chi connectivity index (χ1) is 13.1. The number of carbonyl (C=O) groups is 1. The van der Waals surface area contributed by atoms with Gasteiger partial charge in [-0.1, -0.05) is 60.3 Å². The fraction of sp³-hybridized carbons (Fsp3) is 0.304. The van der Waals surface area contributed by atoms with E-state index in [4.69, 9.17) is 4.98 Å². The van der Waals surface area contributed by atoms with Crippen LogP contribution < -0.4 is 0 Å². The molecule has 1 atom stereocenters. The topological polar surface area (TPSA) is 33.2 Å². The molecule has 1 aromatic heterocycles. The third kappa shape index (κ3) is 3.72. The van der Waals surface area contributed by atoms with Crippen LogP contribution in [0.2, 0.25) is 0 Å². The third-order valence-electron chi connectivity index (χ3n) is 5.21. The molecule has 0 aliphatic carbocycles. The maximum absolute atomic E-state index is 13.2. The molecule has 3 nitrogen and oxygen atoms in total. The quantitative estimate of drug-likeness (QED) is 0.579. The van der Waals surface area contributed by atoms with Crippen molar-refractivity contribution in [1.29, 1.82) is 0 Å². The molecule has 0 bridgehead atoms. The second-order valence-electron chi connectivity index (χ2n) is 7.19. The summed E-state index contributed by atoms with van der Waals surface area (Å²) in [6, 6.07) is 18.5. The molecule has 4 heteroatoms. The molecule has 0 N–H and O–H groups in total. The molecular formula is C23H24N2OS. The first-order valence-corrected chi connectivity index (χ1v) is 10.4. The van der Waals surface area contributed by atoms with E-state index < -0.39 is 0 Å². The first kappa shape index (κ1) is 18.1. The summed E-state index contributed by atoms with van der Waals surface area (Å²) in [5.41, 5.74) is 4.44. The highest BCUT2D eigenvalue weighted by Gasteiger charge is 2.29. The lowest BCUT2D eigenvalue weighted by atomic mass is 10.1. The number of amides is 1. The molecule has 1 saturated heterocycles. The molecule has 27 heavy (non-hydrogen) atoms. The van der Waals surface area contributed by atoms with Gasteiger partial charge in [-0.05, 0) is 49.4 Å². The van der Waals surface area contributed by atoms with Gasteiger partial charge in [-0.15, -0.1) is 0 Å². The Kier molecular flexibility index (Phi) is 5.17. The van der Waals surface area contributed by atoms with Gasteiger partial charge in [-0.3, -0.25) is 4.79 Å². The van der Waals surface area contributed by atoms with Gasteiger partial charge in [-0.25, -0.2) is 4.98 Å². The Labute approximate surface area is 164 Å². The van der Waals surface area contributed by atoms with Crippen molar-refractivity contribution in [3.63, 3.8) is 0 Å². The molecule has 2 aromatic carbocycles. The highest BCUT2D eigenvalue weighted by Crippen LogP contribution is 2.38. The van der Waals surface area contributed by atoms with Gasteiger partial charge in [0.2, 0.25) is 5.91 Å². The minimum Gasteiger partial charge on any atom is -0.341 e. The number of hydrogen-bond acceptors (Lipinski definition) is 3. The van der Waals surface area contributed by atoms with Gasteiger partial charge < -0.3 is 4.90 Å². The number of fused-ring (bicyclic) bond motifs is 1. The molecular weight excluding hydrogens is 352 g/mol. The number of hydrogen-bond donors (Lipinski definition) is 0. The Morgan fingerprint density at radius 1 is 1.00 bits per heavy atom. The largest absolute Gasteiger partial charge is 0.341 e. The van der Waals surface area contributed by atoms with Crippen LogP contribution in [0.3, 0.4) is 0 Å². The van der Waals surface area contributed by atoms with Gasteiger partial charge in [0.25, 0.3) is 0 Å². The maximum atomic E-state index is 13.2. The summed E-state index contributed by atoms with van der Waals surface area (Å²) in [6.45, 7) is 5.94. The summed E-state index contributed by atoms with van der Waals surface area (Å²) in [6.07, 6.45) is 2.20. The van der Waals surface area contributed by atoms with Gasteiger partial charge in [0.15, 0.2) is 0 Å². The van der Waals surface area contributed by atoms with E-state index in [2.05, 4.69) is 38.1 Å². The summed E-state index contributed by atoms with van der Waals surface area (Å²) < 4.78 is 0. The number of carbonyl (C=O) groups excluding carboxylic acids is 1. The molecule has 1 fully saturated rings. The zero-order valence-corrected chi connectivity index (χ0v) is 16.6. The van der Waals surface area contributed by atoms with E-state index in [1.807, 2.05) is 35.2 Å². The van der Waals surface area contributed by atoms with Crippen molar-refractivity contribution in [1.82, 2.24) is 9.88 Å². The van der Waals surface area contributed by atoms with E-state index in [1.165, 1.54) is 16.5 Å². The second kappa shape index (κ2) is 7.73. The Morgan fingerprint density at radius 3 is 2.48 bits per heavy atom. The SMILES string of the molecule is Cc1cc(S[C@H](C(=O)N2CCCC2)c2ccccc2)nc2c(C)cccc12. The number of pyridine rings is 1. The van der Waals surface area contributed by atoms with Gasteiger partial charge >= 0.3 is 0 Å². The number of thioether (sulfide) groups is 1. The molecule has 1 aliphatic heterocycles. The van der Waals surface area contributed by atoms with Crippen molar-refractivity contribution in [2.75, 3.05) is 13.1 Å². The Balaban J connectivity index is 1.72. The lowest BCUT2D eigenvalue weighted by Gasteiger charge is -2.23. The number of benzene rings is 2. The number of para-hydroxylation sites is 1. The Morgan fingerprint density at radius 2 is 1.74 bits per heavy atom. The predicted molar refractivity (Wildman–Crippen MR) is 112 cm³/mol. The fourth-order valence-corrected chi connectivity index (χ4v) is 4.88. The summed E-state index contributed by atoms with van der Waals surface area (Å²) >= 11 is 1.57. The molecule has 0 saturated carbocycles. The molecule has 2 heterocycles. The van der Waals surface area contributed by atoms with Crippen LogP contribution >= 0.6 is 11.8 Å². The van der Waals surface area contributed by atoms with Crippen molar-refractivity contribution >= 4 is 28.6 Å². The van der Waals surface area contributed by atoms with Crippen LogP contribution in [0.1, 0.15) is 34.8 Å². The van der Waals surface area contributed by atoms with Crippen LogP contribution in [0.25, 0.3) is 10.9 Å². The number of aryl methyl sites for hydroxylation is 2. The normalized spacial score (nSPS) is 15.3. The summed E-state index contributed by atoms with van der Waals surface area (Å²) in [7, 11) is 0. The maximum Gasteiger partial charge on any atom is 0.240 e. The monoisotopic (exact) mass is 376 g/mol. The second-order valence-corrected chi connectivity index (χ2v) is 8.31. The number of rotatable bonds is 4. The van der Waals surface area contributed by atoms with E-state index in [0.717, 1.165) is 42.0 Å². The molecule has 1 amide bonds. The molecule has 0 unspecified atom stereocenters. The van der Waals surface area contributed by atoms with Crippen molar-refractivity contribution in [2.24, 2.45) is 0 Å². The van der Waals surface area contributed by atoms with Crippen LogP contribution in [0.4, 0.5) is 0 Å². The highest BCUT2D eigenvalue weighted by atomic mass is 32.2. The van der Waals surface area contributed by atoms with Gasteiger partial charge in [0.1, 0.15) is 5.25 Å². The minimum absolute atomic E-state index is 0.202. The molecule has 1 aliphatic rings. The zero-order chi connectivity index (χ0) is 18.8. The first-order valence-electron chi connectivity index (χ1n) is 9.51.